The van der Waals surface area contributed by atoms with Crippen molar-refractivity contribution in [1.29, 1.82) is 0 Å². The first-order valence-corrected chi connectivity index (χ1v) is 8.27. The highest BCUT2D eigenvalue weighted by molar-refractivity contribution is 5.75. The lowest BCUT2D eigenvalue weighted by Gasteiger charge is -2.47. The molecule has 2 amide bonds. The fourth-order valence-electron chi connectivity index (χ4n) is 3.31. The molecule has 1 aliphatic rings. The summed E-state index contributed by atoms with van der Waals surface area (Å²) in [6, 6.07) is 0.228. The van der Waals surface area contributed by atoms with Gasteiger partial charge >= 0.3 is 6.03 Å². The molecule has 4 nitrogen and oxygen atoms in total. The van der Waals surface area contributed by atoms with Crippen molar-refractivity contribution in [2.75, 3.05) is 13.1 Å². The van der Waals surface area contributed by atoms with Crippen LogP contribution in [-0.4, -0.2) is 35.6 Å². The summed E-state index contributed by atoms with van der Waals surface area (Å²) in [7, 11) is 0. The largest absolute Gasteiger partial charge is 0.336 e. The summed E-state index contributed by atoms with van der Waals surface area (Å²) in [6.45, 7) is 9.77. The van der Waals surface area contributed by atoms with Crippen molar-refractivity contribution in [3.8, 4) is 0 Å². The number of carbonyl (C=O) groups excluding carboxylic acids is 1. The van der Waals surface area contributed by atoms with Gasteiger partial charge in [0, 0.05) is 19.1 Å². The maximum atomic E-state index is 12.5. The summed E-state index contributed by atoms with van der Waals surface area (Å²) in [5.41, 5.74) is 5.98. The molecule has 0 aliphatic heterocycles. The molecule has 0 heterocycles. The summed E-state index contributed by atoms with van der Waals surface area (Å²) in [5, 5.41) is 3.04. The molecule has 0 unspecified atom stereocenters. The molecule has 0 radical (unpaired) electrons. The van der Waals surface area contributed by atoms with Gasteiger partial charge in [-0.25, -0.2) is 4.79 Å². The zero-order valence-electron chi connectivity index (χ0n) is 13.7. The zero-order chi connectivity index (χ0) is 15.2. The molecular formula is C16H33N3O. The smallest absolute Gasteiger partial charge is 0.318 e. The van der Waals surface area contributed by atoms with Gasteiger partial charge in [-0.1, -0.05) is 20.3 Å². The van der Waals surface area contributed by atoms with Crippen LogP contribution in [0.5, 0.6) is 0 Å². The number of nitrogens with zero attached hydrogens (tertiary/aromatic N) is 1. The third-order valence-corrected chi connectivity index (χ3v) is 4.67. The average Bonchev–Trinajstić information content (AvgIpc) is 2.44. The number of nitrogens with one attached hydrogen (secondary N) is 1. The quantitative estimate of drug-likeness (QED) is 0.787. The van der Waals surface area contributed by atoms with Gasteiger partial charge in [0.1, 0.15) is 0 Å². The van der Waals surface area contributed by atoms with E-state index in [1.807, 2.05) is 18.7 Å². The van der Waals surface area contributed by atoms with Crippen molar-refractivity contribution < 1.29 is 4.79 Å². The van der Waals surface area contributed by atoms with Crippen LogP contribution in [0.15, 0.2) is 0 Å². The van der Waals surface area contributed by atoms with E-state index in [0.29, 0.717) is 6.54 Å². The van der Waals surface area contributed by atoms with Crippen LogP contribution < -0.4 is 11.1 Å². The number of amides is 2. The number of urea groups is 1. The van der Waals surface area contributed by atoms with Crippen LogP contribution in [-0.2, 0) is 0 Å². The molecule has 4 heteroatoms. The van der Waals surface area contributed by atoms with Crippen LogP contribution in [0, 0.1) is 5.92 Å². The number of hydrogen-bond acceptors (Lipinski definition) is 2. The predicted molar refractivity (Wildman–Crippen MR) is 84.7 cm³/mol. The summed E-state index contributed by atoms with van der Waals surface area (Å²) in [6.07, 6.45) is 6.71. The molecular weight excluding hydrogens is 250 g/mol. The number of hydrogen-bond donors (Lipinski definition) is 2. The molecule has 1 aliphatic carbocycles. The molecule has 3 N–H and O–H groups in total. The van der Waals surface area contributed by atoms with Crippen LogP contribution in [0.2, 0.25) is 0 Å². The van der Waals surface area contributed by atoms with Crippen molar-refractivity contribution >= 4 is 6.03 Å². The monoisotopic (exact) mass is 283 g/mol. The van der Waals surface area contributed by atoms with Gasteiger partial charge in [-0.3, -0.25) is 0 Å². The molecule has 0 saturated heterocycles. The Bertz CT molecular complexity index is 296. The minimum absolute atomic E-state index is 0.0576. The zero-order valence-corrected chi connectivity index (χ0v) is 13.7. The maximum absolute atomic E-state index is 12.5. The van der Waals surface area contributed by atoms with Gasteiger partial charge in [0.25, 0.3) is 0 Å². The van der Waals surface area contributed by atoms with E-state index in [9.17, 15) is 4.79 Å². The van der Waals surface area contributed by atoms with Gasteiger partial charge < -0.3 is 16.0 Å². The van der Waals surface area contributed by atoms with Crippen LogP contribution in [0.25, 0.3) is 0 Å². The Hall–Kier alpha value is -0.770. The van der Waals surface area contributed by atoms with Gasteiger partial charge in [-0.05, 0) is 51.9 Å². The summed E-state index contributed by atoms with van der Waals surface area (Å²) < 4.78 is 0. The van der Waals surface area contributed by atoms with E-state index in [0.717, 1.165) is 31.7 Å². The first-order valence-electron chi connectivity index (χ1n) is 8.27. The van der Waals surface area contributed by atoms with Crippen LogP contribution >= 0.6 is 0 Å². The molecule has 20 heavy (non-hydrogen) atoms. The van der Waals surface area contributed by atoms with Crippen molar-refractivity contribution in [3.63, 3.8) is 0 Å². The topological polar surface area (TPSA) is 58.4 Å². The van der Waals surface area contributed by atoms with Crippen molar-refractivity contribution in [2.45, 2.75) is 77.8 Å². The second-order valence-corrected chi connectivity index (χ2v) is 6.54. The third kappa shape index (κ3) is 4.11. The first kappa shape index (κ1) is 17.3. The van der Waals surface area contributed by atoms with E-state index < -0.39 is 0 Å². The Morgan fingerprint density at radius 1 is 1.35 bits per heavy atom. The van der Waals surface area contributed by atoms with Crippen LogP contribution in [0.4, 0.5) is 4.79 Å². The highest BCUT2D eigenvalue weighted by Gasteiger charge is 2.41. The highest BCUT2D eigenvalue weighted by Crippen LogP contribution is 2.37. The molecule has 118 valence electrons. The Kier molecular flexibility index (Phi) is 6.80. The summed E-state index contributed by atoms with van der Waals surface area (Å²) in [5.74, 6) is 0.811. The lowest BCUT2D eigenvalue weighted by molar-refractivity contribution is 0.0669. The summed E-state index contributed by atoms with van der Waals surface area (Å²) in [4.78, 5) is 14.5. The molecule has 1 fully saturated rings. The Balaban J connectivity index is 2.83. The molecule has 0 bridgehead atoms. The second-order valence-electron chi connectivity index (χ2n) is 6.54. The standard InChI is InChI=1S/C16H33N3O/c1-5-11-19(15(20)18-13(3)4)16(12-17)9-7-14(6-2)8-10-16/h13-14H,5-12,17H2,1-4H3,(H,18,20). The van der Waals surface area contributed by atoms with E-state index in [2.05, 4.69) is 19.2 Å². The van der Waals surface area contributed by atoms with Crippen LogP contribution in [0.1, 0.15) is 66.2 Å². The number of nitrogens with two attached hydrogens (primary N) is 1. The van der Waals surface area contributed by atoms with Gasteiger partial charge in [-0.2, -0.15) is 0 Å². The molecule has 0 aromatic carbocycles. The Labute approximate surface area is 124 Å². The maximum Gasteiger partial charge on any atom is 0.318 e. The second kappa shape index (κ2) is 7.87. The minimum Gasteiger partial charge on any atom is -0.336 e. The van der Waals surface area contributed by atoms with E-state index in [-0.39, 0.29) is 17.6 Å². The number of carbonyl (C=O) groups is 1. The lowest BCUT2D eigenvalue weighted by atomic mass is 9.74. The molecule has 1 saturated carbocycles. The fourth-order valence-corrected chi connectivity index (χ4v) is 3.31. The van der Waals surface area contributed by atoms with Crippen molar-refractivity contribution in [1.82, 2.24) is 10.2 Å². The first-order chi connectivity index (χ1) is 9.49. The molecule has 0 aromatic heterocycles. The minimum atomic E-state index is -0.124. The molecule has 0 aromatic rings. The van der Waals surface area contributed by atoms with Gasteiger partial charge in [0.15, 0.2) is 0 Å². The average molecular weight is 283 g/mol. The third-order valence-electron chi connectivity index (χ3n) is 4.67. The highest BCUT2D eigenvalue weighted by atomic mass is 16.2. The number of rotatable bonds is 6. The van der Waals surface area contributed by atoms with Crippen LogP contribution in [0.3, 0.4) is 0 Å². The lowest BCUT2D eigenvalue weighted by Crippen LogP contribution is -2.61. The van der Waals surface area contributed by atoms with E-state index in [1.54, 1.807) is 0 Å². The van der Waals surface area contributed by atoms with Gasteiger partial charge in [0.2, 0.25) is 0 Å². The molecule has 0 spiro atoms. The van der Waals surface area contributed by atoms with Crippen molar-refractivity contribution in [3.05, 3.63) is 0 Å². The Morgan fingerprint density at radius 3 is 2.35 bits per heavy atom. The van der Waals surface area contributed by atoms with Gasteiger partial charge in [-0.15, -0.1) is 0 Å². The van der Waals surface area contributed by atoms with Gasteiger partial charge in [0.05, 0.1) is 5.54 Å². The van der Waals surface area contributed by atoms with Crippen molar-refractivity contribution in [2.24, 2.45) is 11.7 Å². The van der Waals surface area contributed by atoms with E-state index in [4.69, 9.17) is 5.73 Å². The summed E-state index contributed by atoms with van der Waals surface area (Å²) >= 11 is 0. The molecule has 0 atom stereocenters. The van der Waals surface area contributed by atoms with E-state index in [1.165, 1.54) is 19.3 Å². The Morgan fingerprint density at radius 2 is 1.95 bits per heavy atom. The fraction of sp³-hybridized carbons (Fsp3) is 0.938. The predicted octanol–water partition coefficient (Wildman–Crippen LogP) is 3.11. The SMILES string of the molecule is CCCN(C(=O)NC(C)C)C1(CN)CCC(CC)CC1. The molecule has 1 rings (SSSR count). The van der Waals surface area contributed by atoms with E-state index >= 15 is 0 Å². The normalized spacial score (nSPS) is 26.6.